The molecule has 5 heteroatoms. The minimum atomic E-state index is -0.232. The van der Waals surface area contributed by atoms with Crippen LogP contribution in [0.25, 0.3) is 0 Å². The minimum Gasteiger partial charge on any atom is -0.361 e. The number of benzene rings is 1. The van der Waals surface area contributed by atoms with Crippen molar-refractivity contribution in [2.75, 3.05) is 6.54 Å². The number of aromatic nitrogens is 1. The van der Waals surface area contributed by atoms with E-state index >= 15 is 0 Å². The number of hydrogen-bond donors (Lipinski definition) is 0. The molecule has 0 aliphatic carbocycles. The van der Waals surface area contributed by atoms with Gasteiger partial charge in [0.2, 0.25) is 5.91 Å². The first-order valence-corrected chi connectivity index (χ1v) is 7.50. The molecule has 2 unspecified atom stereocenters. The van der Waals surface area contributed by atoms with Crippen LogP contribution in [0.4, 0.5) is 4.39 Å². The van der Waals surface area contributed by atoms with E-state index in [9.17, 15) is 9.18 Å². The number of carbonyl (C=O) groups is 1. The maximum Gasteiger partial charge on any atom is 0.228 e. The molecule has 1 amide bonds. The van der Waals surface area contributed by atoms with Crippen molar-refractivity contribution in [1.82, 2.24) is 10.1 Å². The van der Waals surface area contributed by atoms with Gasteiger partial charge in [0.25, 0.3) is 0 Å². The van der Waals surface area contributed by atoms with Gasteiger partial charge in [-0.2, -0.15) is 0 Å². The van der Waals surface area contributed by atoms with E-state index in [4.69, 9.17) is 4.52 Å². The normalized spacial score (nSPS) is 21.3. The van der Waals surface area contributed by atoms with E-state index in [-0.39, 0.29) is 30.1 Å². The number of aryl methyl sites for hydroxylation is 1. The Kier molecular flexibility index (Phi) is 3.96. The first-order valence-electron chi connectivity index (χ1n) is 7.50. The molecule has 2 aromatic rings. The Balaban J connectivity index is 1.67. The molecule has 0 saturated carbocycles. The van der Waals surface area contributed by atoms with Gasteiger partial charge in [0, 0.05) is 24.6 Å². The number of halogens is 1. The van der Waals surface area contributed by atoms with Crippen molar-refractivity contribution in [1.29, 1.82) is 0 Å². The monoisotopic (exact) mass is 302 g/mol. The summed E-state index contributed by atoms with van der Waals surface area (Å²) in [7, 11) is 0. The highest BCUT2D eigenvalue weighted by Crippen LogP contribution is 2.32. The van der Waals surface area contributed by atoms with Crippen LogP contribution >= 0.6 is 0 Å². The van der Waals surface area contributed by atoms with Crippen LogP contribution in [0.5, 0.6) is 0 Å². The van der Waals surface area contributed by atoms with Crippen molar-refractivity contribution in [3.05, 3.63) is 53.2 Å². The third-order valence-corrected chi connectivity index (χ3v) is 4.25. The second-order valence-corrected chi connectivity index (χ2v) is 5.98. The van der Waals surface area contributed by atoms with Crippen molar-refractivity contribution < 1.29 is 13.7 Å². The fourth-order valence-corrected chi connectivity index (χ4v) is 3.11. The van der Waals surface area contributed by atoms with Gasteiger partial charge in [-0.15, -0.1) is 0 Å². The molecule has 1 aliphatic rings. The molecule has 0 radical (unpaired) electrons. The third-order valence-electron chi connectivity index (χ3n) is 4.25. The van der Waals surface area contributed by atoms with Gasteiger partial charge in [0.05, 0.1) is 12.1 Å². The summed E-state index contributed by atoms with van der Waals surface area (Å²) in [6.45, 7) is 4.53. The van der Waals surface area contributed by atoms with Crippen molar-refractivity contribution in [2.45, 2.75) is 38.6 Å². The summed E-state index contributed by atoms with van der Waals surface area (Å²) in [6.07, 6.45) is 1.16. The van der Waals surface area contributed by atoms with Crippen molar-refractivity contribution >= 4 is 5.91 Å². The Morgan fingerprint density at radius 3 is 2.77 bits per heavy atom. The van der Waals surface area contributed by atoms with Crippen LogP contribution in [0, 0.1) is 12.7 Å². The van der Waals surface area contributed by atoms with E-state index in [0.717, 1.165) is 12.0 Å². The fraction of sp³-hybridized carbons (Fsp3) is 0.412. The minimum absolute atomic E-state index is 0.0606. The Morgan fingerprint density at radius 2 is 2.14 bits per heavy atom. The quantitative estimate of drug-likeness (QED) is 0.875. The highest BCUT2D eigenvalue weighted by molar-refractivity contribution is 5.79. The standard InChI is InChI=1S/C17H19FN2O2/c1-11-7-14(13-3-5-15(18)6-4-13)10-20(11)17(21)9-16-8-12(2)22-19-16/h3-6,8,11,14H,7,9-10H2,1-2H3. The van der Waals surface area contributed by atoms with Gasteiger partial charge in [-0.25, -0.2) is 4.39 Å². The lowest BCUT2D eigenvalue weighted by Gasteiger charge is -2.21. The zero-order chi connectivity index (χ0) is 15.7. The van der Waals surface area contributed by atoms with Crippen LogP contribution in [-0.4, -0.2) is 28.6 Å². The molecule has 1 fully saturated rings. The largest absolute Gasteiger partial charge is 0.361 e. The maximum absolute atomic E-state index is 13.0. The smallest absolute Gasteiger partial charge is 0.228 e. The summed E-state index contributed by atoms with van der Waals surface area (Å²) in [5.74, 6) is 0.801. The molecular formula is C17H19FN2O2. The van der Waals surface area contributed by atoms with Crippen molar-refractivity contribution in [3.63, 3.8) is 0 Å². The average molecular weight is 302 g/mol. The summed E-state index contributed by atoms with van der Waals surface area (Å²) in [5.41, 5.74) is 1.75. The Hall–Kier alpha value is -2.17. The maximum atomic E-state index is 13.0. The molecule has 116 valence electrons. The lowest BCUT2D eigenvalue weighted by molar-refractivity contribution is -0.131. The predicted molar refractivity (Wildman–Crippen MR) is 79.9 cm³/mol. The summed E-state index contributed by atoms with van der Waals surface area (Å²) in [4.78, 5) is 14.3. The first-order chi connectivity index (χ1) is 10.5. The molecule has 4 nitrogen and oxygen atoms in total. The number of nitrogens with zero attached hydrogens (tertiary/aromatic N) is 2. The number of rotatable bonds is 3. The van der Waals surface area contributed by atoms with E-state index in [0.29, 0.717) is 18.0 Å². The molecular weight excluding hydrogens is 283 g/mol. The summed E-state index contributed by atoms with van der Waals surface area (Å²) >= 11 is 0. The fourth-order valence-electron chi connectivity index (χ4n) is 3.11. The lowest BCUT2D eigenvalue weighted by Crippen LogP contribution is -2.35. The molecule has 22 heavy (non-hydrogen) atoms. The third kappa shape index (κ3) is 3.03. The topological polar surface area (TPSA) is 46.3 Å². The molecule has 3 rings (SSSR count). The Bertz CT molecular complexity index is 666. The zero-order valence-electron chi connectivity index (χ0n) is 12.8. The van der Waals surface area contributed by atoms with Gasteiger partial charge < -0.3 is 9.42 Å². The highest BCUT2D eigenvalue weighted by atomic mass is 19.1. The Labute approximate surface area is 128 Å². The number of carbonyl (C=O) groups excluding carboxylic acids is 1. The van der Waals surface area contributed by atoms with E-state index in [1.54, 1.807) is 6.07 Å². The molecule has 1 aromatic carbocycles. The van der Waals surface area contributed by atoms with Gasteiger partial charge in [-0.05, 0) is 38.0 Å². The molecule has 0 bridgehead atoms. The van der Waals surface area contributed by atoms with E-state index in [1.807, 2.05) is 24.0 Å². The molecule has 0 spiro atoms. The molecule has 2 atom stereocenters. The lowest BCUT2D eigenvalue weighted by atomic mass is 9.97. The SMILES string of the molecule is Cc1cc(CC(=O)N2CC(c3ccc(F)cc3)CC2C)no1. The molecule has 0 N–H and O–H groups in total. The van der Waals surface area contributed by atoms with Gasteiger partial charge in [0.1, 0.15) is 11.6 Å². The number of amides is 1. The van der Waals surface area contributed by atoms with Gasteiger partial charge >= 0.3 is 0 Å². The summed E-state index contributed by atoms with van der Waals surface area (Å²) in [5, 5.41) is 3.87. The van der Waals surface area contributed by atoms with Crippen LogP contribution in [0.15, 0.2) is 34.9 Å². The van der Waals surface area contributed by atoms with E-state index in [1.165, 1.54) is 12.1 Å². The van der Waals surface area contributed by atoms with Crippen LogP contribution in [-0.2, 0) is 11.2 Å². The second-order valence-electron chi connectivity index (χ2n) is 5.98. The zero-order valence-corrected chi connectivity index (χ0v) is 12.8. The van der Waals surface area contributed by atoms with E-state index in [2.05, 4.69) is 12.1 Å². The van der Waals surface area contributed by atoms with Gasteiger partial charge in [0.15, 0.2) is 0 Å². The van der Waals surface area contributed by atoms with Crippen LogP contribution in [0.2, 0.25) is 0 Å². The molecule has 2 heterocycles. The molecule has 1 aromatic heterocycles. The molecule has 1 saturated heterocycles. The van der Waals surface area contributed by atoms with Gasteiger partial charge in [-0.1, -0.05) is 17.3 Å². The van der Waals surface area contributed by atoms with Crippen LogP contribution in [0.3, 0.4) is 0 Å². The summed E-state index contributed by atoms with van der Waals surface area (Å²) < 4.78 is 18.0. The molecule has 1 aliphatic heterocycles. The van der Waals surface area contributed by atoms with Crippen LogP contribution < -0.4 is 0 Å². The highest BCUT2D eigenvalue weighted by Gasteiger charge is 2.33. The Morgan fingerprint density at radius 1 is 1.41 bits per heavy atom. The number of hydrogen-bond acceptors (Lipinski definition) is 3. The average Bonchev–Trinajstić information content (AvgIpc) is 3.06. The predicted octanol–water partition coefficient (Wildman–Crippen LogP) is 3.07. The second kappa shape index (κ2) is 5.91. The summed E-state index contributed by atoms with van der Waals surface area (Å²) in [6, 6.07) is 8.53. The first kappa shape index (κ1) is 14.8. The van der Waals surface area contributed by atoms with Crippen molar-refractivity contribution in [2.24, 2.45) is 0 Å². The van der Waals surface area contributed by atoms with E-state index < -0.39 is 0 Å². The van der Waals surface area contributed by atoms with Crippen molar-refractivity contribution in [3.8, 4) is 0 Å². The van der Waals surface area contributed by atoms with Gasteiger partial charge in [-0.3, -0.25) is 4.79 Å². The van der Waals surface area contributed by atoms with Crippen LogP contribution in [0.1, 0.15) is 36.3 Å². The number of likely N-dealkylation sites (tertiary alicyclic amines) is 1.